The maximum Gasteiger partial charge on any atom is 0.308 e. The van der Waals surface area contributed by atoms with Gasteiger partial charge in [-0.3, -0.25) is 19.2 Å². The normalized spacial score (nSPS) is 10.4. The first-order valence-corrected chi connectivity index (χ1v) is 8.51. The molecule has 29 heavy (non-hydrogen) atoms. The van der Waals surface area contributed by atoms with Crippen LogP contribution in [0.4, 0.5) is 0 Å². The van der Waals surface area contributed by atoms with Gasteiger partial charge in [0.15, 0.2) is 17.3 Å². The summed E-state index contributed by atoms with van der Waals surface area (Å²) in [6.07, 6.45) is 0. The second-order valence-corrected chi connectivity index (χ2v) is 6.03. The van der Waals surface area contributed by atoms with Crippen molar-refractivity contribution in [1.82, 2.24) is 0 Å². The first-order valence-electron chi connectivity index (χ1n) is 8.51. The maximum absolute atomic E-state index is 12.8. The van der Waals surface area contributed by atoms with Gasteiger partial charge in [0, 0.05) is 26.3 Å². The molecule has 0 bridgehead atoms. The molecule has 0 unspecified atom stereocenters. The maximum atomic E-state index is 12.8. The zero-order valence-corrected chi connectivity index (χ0v) is 15.8. The summed E-state index contributed by atoms with van der Waals surface area (Å²) in [5, 5.41) is 0.240. The van der Waals surface area contributed by atoms with Crippen molar-refractivity contribution in [3.63, 3.8) is 0 Å². The van der Waals surface area contributed by atoms with Crippen LogP contribution >= 0.6 is 0 Å². The molecule has 8 heteroatoms. The van der Waals surface area contributed by atoms with Crippen molar-refractivity contribution in [2.75, 3.05) is 0 Å². The molecule has 0 aliphatic heterocycles. The minimum Gasteiger partial charge on any atom is -0.452 e. The fourth-order valence-electron chi connectivity index (χ4n) is 2.67. The molecule has 0 atom stereocenters. The molecule has 0 N–H and O–H groups in total. The highest BCUT2D eigenvalue weighted by molar-refractivity contribution is 5.84. The summed E-state index contributed by atoms with van der Waals surface area (Å²) >= 11 is 0. The van der Waals surface area contributed by atoms with E-state index in [1.807, 2.05) is 0 Å². The van der Waals surface area contributed by atoms with Crippen molar-refractivity contribution in [2.24, 2.45) is 0 Å². The highest BCUT2D eigenvalue weighted by Gasteiger charge is 2.21. The largest absolute Gasteiger partial charge is 0.452 e. The lowest BCUT2D eigenvalue weighted by molar-refractivity contribution is -0.134. The number of esters is 3. The van der Waals surface area contributed by atoms with E-state index < -0.39 is 23.3 Å². The first-order chi connectivity index (χ1) is 13.8. The minimum absolute atomic E-state index is 0.00798. The van der Waals surface area contributed by atoms with Crippen LogP contribution < -0.4 is 19.6 Å². The standard InChI is InChI=1S/C21H16O8/c1-11(22)26-17-9-8-14(10-18(17)27-12(2)23)20-21(28-13(3)24)19(25)15-6-4-5-7-16(15)29-20/h4-10H,1-3H3. The van der Waals surface area contributed by atoms with Gasteiger partial charge in [0.1, 0.15) is 5.58 Å². The van der Waals surface area contributed by atoms with E-state index in [1.165, 1.54) is 32.0 Å². The number of carbonyl (C=O) groups excluding carboxylic acids is 3. The van der Waals surface area contributed by atoms with Crippen molar-refractivity contribution in [3.05, 3.63) is 52.7 Å². The number of rotatable bonds is 4. The fraction of sp³-hybridized carbons (Fsp3) is 0.143. The number of fused-ring (bicyclic) bond motifs is 1. The summed E-state index contributed by atoms with van der Waals surface area (Å²) in [5.41, 5.74) is 0.0212. The Kier molecular flexibility index (Phi) is 5.45. The predicted molar refractivity (Wildman–Crippen MR) is 102 cm³/mol. The predicted octanol–water partition coefficient (Wildman–Crippen LogP) is 3.24. The Morgan fingerprint density at radius 3 is 2.07 bits per heavy atom. The molecule has 3 rings (SSSR count). The quantitative estimate of drug-likeness (QED) is 0.488. The lowest BCUT2D eigenvalue weighted by atomic mass is 10.1. The third-order valence-electron chi connectivity index (χ3n) is 3.72. The number of para-hydroxylation sites is 1. The van der Waals surface area contributed by atoms with Crippen molar-refractivity contribution >= 4 is 28.9 Å². The molecule has 3 aromatic rings. The van der Waals surface area contributed by atoms with Crippen LogP contribution in [0.25, 0.3) is 22.3 Å². The molecular weight excluding hydrogens is 380 g/mol. The molecular formula is C21H16O8. The Labute approximate surface area is 164 Å². The van der Waals surface area contributed by atoms with Crippen LogP contribution in [0.1, 0.15) is 20.8 Å². The summed E-state index contributed by atoms with van der Waals surface area (Å²) in [4.78, 5) is 47.1. The van der Waals surface area contributed by atoms with Crippen LogP contribution in [0, 0.1) is 0 Å². The summed E-state index contributed by atoms with van der Waals surface area (Å²) in [5.74, 6) is -2.34. The monoisotopic (exact) mass is 396 g/mol. The molecule has 1 aromatic heterocycles. The second-order valence-electron chi connectivity index (χ2n) is 6.03. The number of benzene rings is 2. The molecule has 1 heterocycles. The number of hydrogen-bond donors (Lipinski definition) is 0. The van der Waals surface area contributed by atoms with Gasteiger partial charge in [0.05, 0.1) is 5.39 Å². The molecule has 0 spiro atoms. The van der Waals surface area contributed by atoms with Crippen molar-refractivity contribution in [3.8, 4) is 28.6 Å². The van der Waals surface area contributed by atoms with E-state index in [9.17, 15) is 19.2 Å². The fourth-order valence-corrected chi connectivity index (χ4v) is 2.67. The van der Waals surface area contributed by atoms with Gasteiger partial charge < -0.3 is 18.6 Å². The van der Waals surface area contributed by atoms with Gasteiger partial charge in [-0.25, -0.2) is 0 Å². The van der Waals surface area contributed by atoms with E-state index in [0.29, 0.717) is 0 Å². The van der Waals surface area contributed by atoms with E-state index in [1.54, 1.807) is 24.3 Å². The average molecular weight is 396 g/mol. The van der Waals surface area contributed by atoms with E-state index in [0.717, 1.165) is 6.92 Å². The highest BCUT2D eigenvalue weighted by atomic mass is 16.6. The minimum atomic E-state index is -0.703. The summed E-state index contributed by atoms with van der Waals surface area (Å²) in [6.45, 7) is 3.55. The smallest absolute Gasteiger partial charge is 0.308 e. The van der Waals surface area contributed by atoms with Crippen LogP contribution in [-0.2, 0) is 14.4 Å². The number of hydrogen-bond acceptors (Lipinski definition) is 8. The van der Waals surface area contributed by atoms with Crippen LogP contribution in [0.2, 0.25) is 0 Å². The van der Waals surface area contributed by atoms with Crippen molar-refractivity contribution in [2.45, 2.75) is 20.8 Å². The Morgan fingerprint density at radius 2 is 1.41 bits per heavy atom. The lowest BCUT2D eigenvalue weighted by Crippen LogP contribution is -2.13. The Morgan fingerprint density at radius 1 is 0.793 bits per heavy atom. The third kappa shape index (κ3) is 4.32. The van der Waals surface area contributed by atoms with Crippen molar-refractivity contribution < 1.29 is 33.0 Å². The third-order valence-corrected chi connectivity index (χ3v) is 3.72. The van der Waals surface area contributed by atoms with Gasteiger partial charge >= 0.3 is 17.9 Å². The Balaban J connectivity index is 2.26. The van der Waals surface area contributed by atoms with Gasteiger partial charge in [-0.2, -0.15) is 0 Å². The van der Waals surface area contributed by atoms with Crippen LogP contribution in [0.15, 0.2) is 51.7 Å². The molecule has 0 amide bonds. The molecule has 0 fully saturated rings. The molecule has 0 aliphatic rings. The average Bonchev–Trinajstić information content (AvgIpc) is 2.64. The molecule has 0 saturated heterocycles. The molecule has 0 radical (unpaired) electrons. The SMILES string of the molecule is CC(=O)Oc1ccc(-c2oc3ccccc3c(=O)c2OC(C)=O)cc1OC(C)=O. The Hall–Kier alpha value is -3.94. The van der Waals surface area contributed by atoms with E-state index in [2.05, 4.69) is 0 Å². The Bertz CT molecular complexity index is 1190. The molecule has 2 aromatic carbocycles. The van der Waals surface area contributed by atoms with Gasteiger partial charge in [0.2, 0.25) is 11.2 Å². The summed E-state index contributed by atoms with van der Waals surface area (Å²) < 4.78 is 21.1. The zero-order valence-electron chi connectivity index (χ0n) is 15.8. The first kappa shape index (κ1) is 19.8. The molecule has 0 saturated carbocycles. The van der Waals surface area contributed by atoms with E-state index in [4.69, 9.17) is 18.6 Å². The van der Waals surface area contributed by atoms with Gasteiger partial charge in [0.25, 0.3) is 0 Å². The second kappa shape index (κ2) is 7.97. The number of ether oxygens (including phenoxy) is 3. The molecule has 148 valence electrons. The highest BCUT2D eigenvalue weighted by Crippen LogP contribution is 2.37. The number of carbonyl (C=O) groups is 3. The molecule has 0 aliphatic carbocycles. The van der Waals surface area contributed by atoms with E-state index in [-0.39, 0.29) is 39.5 Å². The van der Waals surface area contributed by atoms with Gasteiger partial charge in [-0.1, -0.05) is 12.1 Å². The topological polar surface area (TPSA) is 109 Å². The van der Waals surface area contributed by atoms with Crippen LogP contribution in [-0.4, -0.2) is 17.9 Å². The lowest BCUT2D eigenvalue weighted by Gasteiger charge is -2.12. The zero-order chi connectivity index (χ0) is 21.1. The van der Waals surface area contributed by atoms with E-state index >= 15 is 0 Å². The molecule has 8 nitrogen and oxygen atoms in total. The summed E-state index contributed by atoms with van der Waals surface area (Å²) in [6, 6.07) is 10.7. The van der Waals surface area contributed by atoms with Gasteiger partial charge in [-0.05, 0) is 30.3 Å². The van der Waals surface area contributed by atoms with Gasteiger partial charge in [-0.15, -0.1) is 0 Å². The van der Waals surface area contributed by atoms with Crippen molar-refractivity contribution in [1.29, 1.82) is 0 Å². The van der Waals surface area contributed by atoms with Crippen LogP contribution in [0.3, 0.4) is 0 Å². The summed E-state index contributed by atoms with van der Waals surface area (Å²) in [7, 11) is 0. The van der Waals surface area contributed by atoms with Crippen LogP contribution in [0.5, 0.6) is 17.2 Å².